The second kappa shape index (κ2) is 5.85. The maximum atomic E-state index is 11.0. The highest BCUT2D eigenvalue weighted by Gasteiger charge is 2.08. The van der Waals surface area contributed by atoms with E-state index in [4.69, 9.17) is 5.14 Å². The van der Waals surface area contributed by atoms with E-state index in [2.05, 4.69) is 20.0 Å². The zero-order chi connectivity index (χ0) is 14.6. The minimum absolute atomic E-state index is 0.0616. The fraction of sp³-hybridized carbons (Fsp3) is 0.167. The highest BCUT2D eigenvalue weighted by molar-refractivity contribution is 7.90. The molecule has 1 aromatic carbocycles. The molecule has 0 saturated carbocycles. The molecule has 0 aliphatic heterocycles. The molecule has 0 aliphatic carbocycles. The van der Waals surface area contributed by atoms with Gasteiger partial charge in [-0.25, -0.2) is 5.14 Å². The van der Waals surface area contributed by atoms with Crippen LogP contribution in [0.2, 0.25) is 0 Å². The van der Waals surface area contributed by atoms with Gasteiger partial charge in [-0.1, -0.05) is 6.07 Å². The van der Waals surface area contributed by atoms with Crippen molar-refractivity contribution in [2.75, 3.05) is 10.0 Å². The van der Waals surface area contributed by atoms with E-state index in [1.807, 2.05) is 13.0 Å². The standard InChI is InChI=1S/C12H15N5O2S/c1-9(12-8-14-5-6-15-12)16-10-3-2-4-11(7-10)17-20(13,18)19/h2-9,16-17H,1H3,(H2,13,18,19). The molecular formula is C12H15N5O2S. The Kier molecular flexibility index (Phi) is 4.16. The van der Waals surface area contributed by atoms with Crippen LogP contribution >= 0.6 is 0 Å². The minimum atomic E-state index is -3.77. The van der Waals surface area contributed by atoms with Gasteiger partial charge in [-0.2, -0.15) is 8.42 Å². The Morgan fingerprint density at radius 3 is 2.65 bits per heavy atom. The van der Waals surface area contributed by atoms with Crippen LogP contribution in [0.4, 0.5) is 11.4 Å². The fourth-order valence-corrected chi connectivity index (χ4v) is 2.15. The van der Waals surface area contributed by atoms with Crippen LogP contribution in [0.25, 0.3) is 0 Å². The summed E-state index contributed by atoms with van der Waals surface area (Å²) in [6.07, 6.45) is 4.89. The maximum absolute atomic E-state index is 11.0. The molecule has 20 heavy (non-hydrogen) atoms. The van der Waals surface area contributed by atoms with Crippen LogP contribution in [-0.4, -0.2) is 18.4 Å². The number of benzene rings is 1. The lowest BCUT2D eigenvalue weighted by Gasteiger charge is -2.15. The van der Waals surface area contributed by atoms with E-state index in [1.165, 1.54) is 0 Å². The van der Waals surface area contributed by atoms with Crippen molar-refractivity contribution in [3.63, 3.8) is 0 Å². The molecule has 0 amide bonds. The van der Waals surface area contributed by atoms with Gasteiger partial charge in [0.15, 0.2) is 0 Å². The molecule has 1 unspecified atom stereocenters. The van der Waals surface area contributed by atoms with Crippen LogP contribution in [0.1, 0.15) is 18.7 Å². The van der Waals surface area contributed by atoms with Crippen molar-refractivity contribution in [1.82, 2.24) is 9.97 Å². The van der Waals surface area contributed by atoms with E-state index in [0.29, 0.717) is 5.69 Å². The zero-order valence-electron chi connectivity index (χ0n) is 10.8. The number of nitrogens with one attached hydrogen (secondary N) is 2. The highest BCUT2D eigenvalue weighted by atomic mass is 32.2. The molecule has 0 bridgehead atoms. The van der Waals surface area contributed by atoms with Crippen LogP contribution in [0.15, 0.2) is 42.9 Å². The third kappa shape index (κ3) is 4.18. The fourth-order valence-electron chi connectivity index (χ4n) is 1.69. The van der Waals surface area contributed by atoms with E-state index in [1.54, 1.807) is 36.8 Å². The lowest BCUT2D eigenvalue weighted by molar-refractivity contribution is 0.603. The van der Waals surface area contributed by atoms with Crippen LogP contribution in [-0.2, 0) is 10.2 Å². The topological polar surface area (TPSA) is 110 Å². The number of hydrogen-bond donors (Lipinski definition) is 3. The van der Waals surface area contributed by atoms with Gasteiger partial charge in [-0.15, -0.1) is 0 Å². The third-order valence-electron chi connectivity index (χ3n) is 2.53. The maximum Gasteiger partial charge on any atom is 0.296 e. The largest absolute Gasteiger partial charge is 0.377 e. The van der Waals surface area contributed by atoms with Gasteiger partial charge in [0.1, 0.15) is 0 Å². The smallest absolute Gasteiger partial charge is 0.296 e. The van der Waals surface area contributed by atoms with Gasteiger partial charge in [0, 0.05) is 18.1 Å². The molecule has 0 radical (unpaired) electrons. The summed E-state index contributed by atoms with van der Waals surface area (Å²) >= 11 is 0. The van der Waals surface area contributed by atoms with Crippen molar-refractivity contribution in [1.29, 1.82) is 0 Å². The number of nitrogens with two attached hydrogens (primary N) is 1. The molecule has 2 aromatic rings. The predicted octanol–water partition coefficient (Wildman–Crippen LogP) is 1.27. The Bertz CT molecular complexity index is 675. The average molecular weight is 293 g/mol. The summed E-state index contributed by atoms with van der Waals surface area (Å²) in [5.74, 6) is 0. The molecule has 0 aliphatic rings. The summed E-state index contributed by atoms with van der Waals surface area (Å²) in [4.78, 5) is 8.20. The summed E-state index contributed by atoms with van der Waals surface area (Å²) in [6.45, 7) is 1.93. The Hall–Kier alpha value is -2.19. The normalized spacial score (nSPS) is 12.7. The molecule has 106 valence electrons. The second-order valence-corrected chi connectivity index (χ2v) is 5.52. The van der Waals surface area contributed by atoms with E-state index in [9.17, 15) is 8.42 Å². The van der Waals surface area contributed by atoms with Crippen molar-refractivity contribution < 1.29 is 8.42 Å². The minimum Gasteiger partial charge on any atom is -0.377 e. The lowest BCUT2D eigenvalue weighted by Crippen LogP contribution is -2.21. The number of rotatable bonds is 5. The first-order valence-electron chi connectivity index (χ1n) is 5.87. The van der Waals surface area contributed by atoms with Gasteiger partial charge in [-0.3, -0.25) is 14.7 Å². The molecule has 8 heteroatoms. The molecule has 7 nitrogen and oxygen atoms in total. The molecule has 2 rings (SSSR count). The molecule has 0 spiro atoms. The van der Waals surface area contributed by atoms with Gasteiger partial charge in [-0.05, 0) is 25.1 Å². The predicted molar refractivity (Wildman–Crippen MR) is 77.2 cm³/mol. The first kappa shape index (κ1) is 14.2. The van der Waals surface area contributed by atoms with Crippen molar-refractivity contribution in [2.24, 2.45) is 5.14 Å². The number of anilines is 2. The van der Waals surface area contributed by atoms with Gasteiger partial charge < -0.3 is 5.32 Å². The van der Waals surface area contributed by atoms with Crippen molar-refractivity contribution in [3.8, 4) is 0 Å². The van der Waals surface area contributed by atoms with Crippen LogP contribution in [0.3, 0.4) is 0 Å². The first-order valence-corrected chi connectivity index (χ1v) is 7.42. The van der Waals surface area contributed by atoms with E-state index in [-0.39, 0.29) is 6.04 Å². The van der Waals surface area contributed by atoms with E-state index < -0.39 is 10.2 Å². The van der Waals surface area contributed by atoms with Crippen molar-refractivity contribution in [2.45, 2.75) is 13.0 Å². The Morgan fingerprint density at radius 2 is 2.00 bits per heavy atom. The highest BCUT2D eigenvalue weighted by Crippen LogP contribution is 2.20. The van der Waals surface area contributed by atoms with E-state index >= 15 is 0 Å². The monoisotopic (exact) mass is 293 g/mol. The number of hydrogen-bond acceptors (Lipinski definition) is 5. The van der Waals surface area contributed by atoms with Gasteiger partial charge >= 0.3 is 0 Å². The molecule has 0 saturated heterocycles. The SMILES string of the molecule is CC(Nc1cccc(NS(N)(=O)=O)c1)c1cnccn1. The van der Waals surface area contributed by atoms with Crippen molar-refractivity contribution in [3.05, 3.63) is 48.5 Å². The molecule has 1 aromatic heterocycles. The summed E-state index contributed by atoms with van der Waals surface area (Å²) in [5.41, 5.74) is 1.93. The molecule has 1 atom stereocenters. The molecule has 1 heterocycles. The number of nitrogens with zero attached hydrogens (tertiary/aromatic N) is 2. The Labute approximate surface area is 117 Å². The van der Waals surface area contributed by atoms with Crippen molar-refractivity contribution >= 4 is 21.6 Å². The van der Waals surface area contributed by atoms with E-state index in [0.717, 1.165) is 11.4 Å². The van der Waals surface area contributed by atoms with Gasteiger partial charge in [0.05, 0.1) is 23.6 Å². The molecule has 4 N–H and O–H groups in total. The summed E-state index contributed by atoms with van der Waals surface area (Å²) < 4.78 is 24.2. The van der Waals surface area contributed by atoms with Crippen LogP contribution in [0.5, 0.6) is 0 Å². The van der Waals surface area contributed by atoms with Gasteiger partial charge in [0.25, 0.3) is 10.2 Å². The second-order valence-electron chi connectivity index (χ2n) is 4.22. The average Bonchev–Trinajstić information content (AvgIpc) is 2.38. The lowest BCUT2D eigenvalue weighted by atomic mass is 10.2. The van der Waals surface area contributed by atoms with Crippen LogP contribution < -0.4 is 15.2 Å². The molecule has 0 fully saturated rings. The number of aromatic nitrogens is 2. The quantitative estimate of drug-likeness (QED) is 0.769. The zero-order valence-corrected chi connectivity index (χ0v) is 11.6. The van der Waals surface area contributed by atoms with Crippen LogP contribution in [0, 0.1) is 0 Å². The third-order valence-corrected chi connectivity index (χ3v) is 3.05. The Balaban J connectivity index is 2.12. The van der Waals surface area contributed by atoms with Gasteiger partial charge in [0.2, 0.25) is 0 Å². The Morgan fingerprint density at radius 1 is 1.25 bits per heavy atom. The first-order chi connectivity index (χ1) is 9.44. The summed E-state index contributed by atoms with van der Waals surface area (Å²) in [6, 6.07) is 6.74. The summed E-state index contributed by atoms with van der Waals surface area (Å²) in [7, 11) is -3.77. The molecular weight excluding hydrogens is 278 g/mol. The summed E-state index contributed by atoms with van der Waals surface area (Å²) in [5, 5.41) is 8.14.